The molecule has 0 aliphatic carbocycles. The van der Waals surface area contributed by atoms with Crippen molar-refractivity contribution in [3.8, 4) is 0 Å². The quantitative estimate of drug-likeness (QED) is 0.786. The minimum Gasteiger partial charge on any atom is -0.383 e. The second-order valence-electron chi connectivity index (χ2n) is 2.90. The molecule has 0 saturated carbocycles. The molecule has 0 bridgehead atoms. The van der Waals surface area contributed by atoms with Crippen LogP contribution in [-0.4, -0.2) is 11.5 Å². The van der Waals surface area contributed by atoms with E-state index in [0.717, 1.165) is 10.9 Å². The first-order valence-electron chi connectivity index (χ1n) is 4.31. The lowest BCUT2D eigenvalue weighted by atomic mass is 10.2. The van der Waals surface area contributed by atoms with Gasteiger partial charge in [0.1, 0.15) is 5.82 Å². The fraction of sp³-hybridized carbons (Fsp3) is 0.100. The standard InChI is InChI=1S/C10H11N3S/c11-4-1-2-7-6-13-10(12)8-3-5-14-9(7)8/h1-3,5-6H,4,11H2,(H2,12,13)/b2-1+. The Kier molecular flexibility index (Phi) is 2.47. The largest absolute Gasteiger partial charge is 0.383 e. The highest BCUT2D eigenvalue weighted by atomic mass is 32.1. The first-order chi connectivity index (χ1) is 6.83. The van der Waals surface area contributed by atoms with Gasteiger partial charge < -0.3 is 11.5 Å². The molecule has 2 aromatic heterocycles. The van der Waals surface area contributed by atoms with Crippen LogP contribution in [0.1, 0.15) is 5.56 Å². The molecule has 0 radical (unpaired) electrons. The Balaban J connectivity index is 2.61. The van der Waals surface area contributed by atoms with Crippen molar-refractivity contribution in [3.63, 3.8) is 0 Å². The van der Waals surface area contributed by atoms with Crippen molar-refractivity contribution < 1.29 is 0 Å². The van der Waals surface area contributed by atoms with Gasteiger partial charge in [-0.2, -0.15) is 0 Å². The molecule has 4 N–H and O–H groups in total. The van der Waals surface area contributed by atoms with Crippen LogP contribution < -0.4 is 11.5 Å². The van der Waals surface area contributed by atoms with Crippen molar-refractivity contribution in [2.45, 2.75) is 0 Å². The molecule has 0 atom stereocenters. The summed E-state index contributed by atoms with van der Waals surface area (Å²) >= 11 is 1.67. The van der Waals surface area contributed by atoms with E-state index in [0.29, 0.717) is 12.4 Å². The van der Waals surface area contributed by atoms with Crippen molar-refractivity contribution in [3.05, 3.63) is 29.3 Å². The maximum absolute atomic E-state index is 5.74. The van der Waals surface area contributed by atoms with Crippen molar-refractivity contribution in [2.75, 3.05) is 12.3 Å². The summed E-state index contributed by atoms with van der Waals surface area (Å²) in [6, 6.07) is 1.99. The van der Waals surface area contributed by atoms with Crippen LogP contribution in [0.2, 0.25) is 0 Å². The van der Waals surface area contributed by atoms with Gasteiger partial charge in [0.15, 0.2) is 0 Å². The van der Waals surface area contributed by atoms with Crippen LogP contribution in [0.25, 0.3) is 16.2 Å². The molecule has 0 saturated heterocycles. The van der Waals surface area contributed by atoms with Crippen LogP contribution in [0, 0.1) is 0 Å². The van der Waals surface area contributed by atoms with E-state index >= 15 is 0 Å². The minimum atomic E-state index is 0.539. The van der Waals surface area contributed by atoms with Gasteiger partial charge in [-0.25, -0.2) is 4.98 Å². The summed E-state index contributed by atoms with van der Waals surface area (Å²) < 4.78 is 1.17. The fourth-order valence-corrected chi connectivity index (χ4v) is 2.21. The molecule has 0 amide bonds. The Labute approximate surface area is 86.1 Å². The number of nitrogens with zero attached hydrogens (tertiary/aromatic N) is 1. The van der Waals surface area contributed by atoms with Gasteiger partial charge in [0.2, 0.25) is 0 Å². The Bertz CT molecular complexity index is 473. The summed E-state index contributed by atoms with van der Waals surface area (Å²) in [5.74, 6) is 0.589. The van der Waals surface area contributed by atoms with Crippen LogP contribution in [0.3, 0.4) is 0 Å². The highest BCUT2D eigenvalue weighted by Crippen LogP contribution is 2.28. The molecule has 0 spiro atoms. The minimum absolute atomic E-state index is 0.539. The average Bonchev–Trinajstić information content (AvgIpc) is 2.66. The molecule has 2 rings (SSSR count). The van der Waals surface area contributed by atoms with E-state index in [-0.39, 0.29) is 0 Å². The van der Waals surface area contributed by atoms with E-state index in [1.165, 1.54) is 4.70 Å². The molecular weight excluding hydrogens is 194 g/mol. The Morgan fingerprint density at radius 3 is 3.14 bits per heavy atom. The second kappa shape index (κ2) is 3.77. The fourth-order valence-electron chi connectivity index (χ4n) is 1.32. The number of rotatable bonds is 2. The lowest BCUT2D eigenvalue weighted by Gasteiger charge is -1.98. The highest BCUT2D eigenvalue weighted by molar-refractivity contribution is 7.17. The van der Waals surface area contributed by atoms with E-state index in [2.05, 4.69) is 4.98 Å². The number of thiophene rings is 1. The number of anilines is 1. The molecule has 0 aliphatic rings. The maximum atomic E-state index is 5.74. The normalized spacial score (nSPS) is 11.5. The van der Waals surface area contributed by atoms with Crippen LogP contribution in [-0.2, 0) is 0 Å². The summed E-state index contributed by atoms with van der Waals surface area (Å²) in [5, 5.41) is 3.04. The number of pyridine rings is 1. The molecule has 0 unspecified atom stereocenters. The predicted molar refractivity (Wildman–Crippen MR) is 62.1 cm³/mol. The van der Waals surface area contributed by atoms with Crippen LogP contribution in [0.15, 0.2) is 23.7 Å². The first-order valence-corrected chi connectivity index (χ1v) is 5.19. The molecule has 3 nitrogen and oxygen atoms in total. The van der Waals surface area contributed by atoms with Crippen molar-refractivity contribution in [2.24, 2.45) is 5.73 Å². The summed E-state index contributed by atoms with van der Waals surface area (Å²) in [4.78, 5) is 4.12. The lowest BCUT2D eigenvalue weighted by Crippen LogP contribution is -1.93. The Hall–Kier alpha value is -1.39. The van der Waals surface area contributed by atoms with E-state index < -0.39 is 0 Å². The number of aromatic nitrogens is 1. The zero-order valence-corrected chi connectivity index (χ0v) is 8.42. The summed E-state index contributed by atoms with van der Waals surface area (Å²) in [6.45, 7) is 0.539. The molecule has 2 heterocycles. The van der Waals surface area contributed by atoms with Crippen molar-refractivity contribution in [1.29, 1.82) is 0 Å². The Morgan fingerprint density at radius 2 is 2.36 bits per heavy atom. The van der Waals surface area contributed by atoms with Gasteiger partial charge in [0, 0.05) is 28.4 Å². The third-order valence-electron chi connectivity index (χ3n) is 1.98. The Morgan fingerprint density at radius 1 is 1.50 bits per heavy atom. The van der Waals surface area contributed by atoms with E-state index in [1.807, 2.05) is 23.6 Å². The summed E-state index contributed by atoms with van der Waals surface area (Å²) in [6.07, 6.45) is 5.66. The number of hydrogen-bond donors (Lipinski definition) is 2. The zero-order valence-electron chi connectivity index (χ0n) is 7.60. The van der Waals surface area contributed by atoms with Gasteiger partial charge in [-0.15, -0.1) is 11.3 Å². The number of fused-ring (bicyclic) bond motifs is 1. The van der Waals surface area contributed by atoms with Crippen LogP contribution in [0.5, 0.6) is 0 Å². The van der Waals surface area contributed by atoms with E-state index in [4.69, 9.17) is 11.5 Å². The zero-order chi connectivity index (χ0) is 9.97. The molecule has 2 aromatic rings. The van der Waals surface area contributed by atoms with Crippen LogP contribution in [0.4, 0.5) is 5.82 Å². The maximum Gasteiger partial charge on any atom is 0.132 e. The molecule has 72 valence electrons. The van der Waals surface area contributed by atoms with E-state index in [9.17, 15) is 0 Å². The molecular formula is C10H11N3S. The lowest BCUT2D eigenvalue weighted by molar-refractivity contribution is 1.26. The summed E-state index contributed by atoms with van der Waals surface area (Å²) in [5.41, 5.74) is 12.2. The SMILES string of the molecule is NC/C=C/c1cnc(N)c2ccsc12. The summed E-state index contributed by atoms with van der Waals surface area (Å²) in [7, 11) is 0. The second-order valence-corrected chi connectivity index (χ2v) is 3.82. The van der Waals surface area contributed by atoms with Gasteiger partial charge in [-0.3, -0.25) is 0 Å². The molecule has 4 heteroatoms. The van der Waals surface area contributed by atoms with Crippen molar-refractivity contribution in [1.82, 2.24) is 4.98 Å². The average molecular weight is 205 g/mol. The van der Waals surface area contributed by atoms with Gasteiger partial charge in [0.05, 0.1) is 0 Å². The third kappa shape index (κ3) is 1.49. The van der Waals surface area contributed by atoms with E-state index in [1.54, 1.807) is 17.5 Å². The number of nitrogens with two attached hydrogens (primary N) is 2. The monoisotopic (exact) mass is 205 g/mol. The molecule has 0 aromatic carbocycles. The smallest absolute Gasteiger partial charge is 0.132 e. The molecule has 0 aliphatic heterocycles. The van der Waals surface area contributed by atoms with Crippen LogP contribution >= 0.6 is 11.3 Å². The highest BCUT2D eigenvalue weighted by Gasteiger charge is 2.03. The van der Waals surface area contributed by atoms with Gasteiger partial charge in [0.25, 0.3) is 0 Å². The molecule has 0 fully saturated rings. The first kappa shape index (κ1) is 9.18. The molecule has 14 heavy (non-hydrogen) atoms. The van der Waals surface area contributed by atoms with Gasteiger partial charge in [-0.1, -0.05) is 12.2 Å². The van der Waals surface area contributed by atoms with Crippen molar-refractivity contribution >= 4 is 33.3 Å². The van der Waals surface area contributed by atoms with Gasteiger partial charge >= 0.3 is 0 Å². The van der Waals surface area contributed by atoms with Gasteiger partial charge in [-0.05, 0) is 11.4 Å². The number of hydrogen-bond acceptors (Lipinski definition) is 4. The predicted octanol–water partition coefficient (Wildman–Crippen LogP) is 1.85. The topological polar surface area (TPSA) is 64.9 Å². The number of nitrogen functional groups attached to an aromatic ring is 1. The third-order valence-corrected chi connectivity index (χ3v) is 2.94.